The second-order valence-electron chi connectivity index (χ2n) is 0.671. The van der Waals surface area contributed by atoms with E-state index in [0.29, 0.717) is 0 Å². The molecular formula is HClInN3O9. The molecule has 0 saturated carbocycles. The third-order valence-electron chi connectivity index (χ3n) is 0. The molecule has 0 aromatic rings. The molecule has 0 radical (unpaired) electrons. The molecule has 0 bridgehead atoms. The zero-order valence-electron chi connectivity index (χ0n) is 6.00. The van der Waals surface area contributed by atoms with Crippen LogP contribution in [-0.4, -0.2) is 41.1 Å². The SMILES string of the molecule is Cl.O=[N+]([O-])[O-].O=[N+]([O-])[O-].O=[N+]([O-])[O-].[In+3]. The zero-order valence-corrected chi connectivity index (χ0v) is 10.1. The molecule has 0 spiro atoms. The average Bonchev–Trinajstić information content (AvgIpc) is 1.54. The monoisotopic (exact) mass is 337 g/mol. The van der Waals surface area contributed by atoms with E-state index in [1.54, 1.807) is 0 Å². The van der Waals surface area contributed by atoms with Crippen molar-refractivity contribution in [1.82, 2.24) is 0 Å². The van der Waals surface area contributed by atoms with Gasteiger partial charge in [0.2, 0.25) is 0 Å². The minimum Gasteiger partial charge on any atom is -0.356 e. The fourth-order valence-electron chi connectivity index (χ4n) is 0. The van der Waals surface area contributed by atoms with Crippen molar-refractivity contribution in [1.29, 1.82) is 0 Å². The van der Waals surface area contributed by atoms with Crippen LogP contribution in [0.25, 0.3) is 0 Å². The van der Waals surface area contributed by atoms with Crippen LogP contribution in [0.3, 0.4) is 0 Å². The number of halogens is 1. The van der Waals surface area contributed by atoms with Crippen molar-refractivity contribution in [2.75, 3.05) is 0 Å². The summed E-state index contributed by atoms with van der Waals surface area (Å²) < 4.78 is 0. The number of hydrogen-bond acceptors (Lipinski definition) is 9. The Kier molecular flexibility index (Phi) is 47.3. The minimum atomic E-state index is -1.75. The molecule has 0 aromatic carbocycles. The molecule has 0 aliphatic rings. The average molecular weight is 337 g/mol. The maximum atomic E-state index is 8.25. The van der Waals surface area contributed by atoms with Gasteiger partial charge in [-0.25, -0.2) is 0 Å². The van der Waals surface area contributed by atoms with Crippen molar-refractivity contribution in [2.24, 2.45) is 0 Å². The van der Waals surface area contributed by atoms with Crippen molar-refractivity contribution in [3.8, 4) is 0 Å². The summed E-state index contributed by atoms with van der Waals surface area (Å²) in [6.07, 6.45) is 0. The van der Waals surface area contributed by atoms with Gasteiger partial charge in [0.05, 0.1) is 15.3 Å². The number of rotatable bonds is 0. The van der Waals surface area contributed by atoms with E-state index < -0.39 is 15.3 Å². The van der Waals surface area contributed by atoms with Crippen LogP contribution in [0.1, 0.15) is 0 Å². The molecule has 0 atom stereocenters. The van der Waals surface area contributed by atoms with Gasteiger partial charge in [0.15, 0.2) is 0 Å². The predicted octanol–water partition coefficient (Wildman–Crippen LogP) is -0.676. The van der Waals surface area contributed by atoms with Crippen LogP contribution in [0.4, 0.5) is 0 Å². The van der Waals surface area contributed by atoms with E-state index in [9.17, 15) is 0 Å². The molecule has 0 amide bonds. The zero-order chi connectivity index (χ0) is 10.7. The largest absolute Gasteiger partial charge is 3.00 e. The molecule has 0 saturated heterocycles. The van der Waals surface area contributed by atoms with Gasteiger partial charge < -0.3 is 46.0 Å². The van der Waals surface area contributed by atoms with Crippen LogP contribution in [0.2, 0.25) is 0 Å². The van der Waals surface area contributed by atoms with Crippen LogP contribution >= 0.6 is 12.4 Å². The van der Waals surface area contributed by atoms with E-state index in [1.807, 2.05) is 0 Å². The van der Waals surface area contributed by atoms with Gasteiger partial charge in [-0.3, -0.25) is 0 Å². The van der Waals surface area contributed by atoms with Gasteiger partial charge in [-0.15, -0.1) is 12.4 Å². The number of nitrogens with zero attached hydrogens (tertiary/aromatic N) is 3. The Balaban J connectivity index is -0.0000000270. The Hall–Kier alpha value is -1.24. The van der Waals surface area contributed by atoms with Crippen molar-refractivity contribution in [3.63, 3.8) is 0 Å². The maximum Gasteiger partial charge on any atom is 3.00 e. The Labute approximate surface area is 99.7 Å². The molecule has 0 aromatic heterocycles. The summed E-state index contributed by atoms with van der Waals surface area (Å²) in [7, 11) is 0. The summed E-state index contributed by atoms with van der Waals surface area (Å²) in [5, 5.41) is 44.2. The first-order valence-electron chi connectivity index (χ1n) is 1.64. The molecule has 0 heterocycles. The van der Waals surface area contributed by atoms with E-state index in [4.69, 9.17) is 46.0 Å². The van der Waals surface area contributed by atoms with Crippen molar-refractivity contribution < 1.29 is 15.3 Å². The summed E-state index contributed by atoms with van der Waals surface area (Å²) in [5.41, 5.74) is 0. The van der Waals surface area contributed by atoms with Gasteiger partial charge in [0, 0.05) is 0 Å². The van der Waals surface area contributed by atoms with Crippen LogP contribution < -0.4 is 0 Å². The van der Waals surface area contributed by atoms with Crippen LogP contribution in [0.15, 0.2) is 0 Å². The van der Waals surface area contributed by atoms with Crippen molar-refractivity contribution in [3.05, 3.63) is 46.0 Å². The summed E-state index contributed by atoms with van der Waals surface area (Å²) in [6, 6.07) is 0. The standard InChI is InChI=1S/ClH.In.3NO3/c;;3*2-1(3)4/h1H;;;;/q;+3;3*-1. The maximum absolute atomic E-state index is 8.25. The van der Waals surface area contributed by atoms with Gasteiger partial charge in [-0.2, -0.15) is 0 Å². The molecule has 0 aliphatic carbocycles. The summed E-state index contributed by atoms with van der Waals surface area (Å²) in [5.74, 6) is 0. The van der Waals surface area contributed by atoms with E-state index in [2.05, 4.69) is 0 Å². The Morgan fingerprint density at radius 2 is 0.571 bits per heavy atom. The van der Waals surface area contributed by atoms with Crippen LogP contribution in [-0.2, 0) is 0 Å². The van der Waals surface area contributed by atoms with Gasteiger partial charge in [-0.05, 0) is 0 Å². The molecule has 0 fully saturated rings. The first kappa shape index (κ1) is 29.3. The summed E-state index contributed by atoms with van der Waals surface area (Å²) in [4.78, 5) is 24.8. The first-order chi connectivity index (χ1) is 5.20. The Morgan fingerprint density at radius 3 is 0.571 bits per heavy atom. The predicted molar refractivity (Wildman–Crippen MR) is 44.1 cm³/mol. The normalized spacial score (nSPS) is 5.14. The molecule has 80 valence electrons. The van der Waals surface area contributed by atoms with Crippen LogP contribution in [0.5, 0.6) is 0 Å². The molecule has 12 nitrogen and oxygen atoms in total. The molecule has 14 heavy (non-hydrogen) atoms. The van der Waals surface area contributed by atoms with Gasteiger partial charge in [0.25, 0.3) is 0 Å². The second kappa shape index (κ2) is 22.6. The van der Waals surface area contributed by atoms with Gasteiger partial charge in [0.1, 0.15) is 0 Å². The van der Waals surface area contributed by atoms with Crippen molar-refractivity contribution in [2.45, 2.75) is 0 Å². The van der Waals surface area contributed by atoms with E-state index in [0.717, 1.165) is 0 Å². The minimum absolute atomic E-state index is 0. The third kappa shape index (κ3) is 667. The molecule has 0 unspecified atom stereocenters. The summed E-state index contributed by atoms with van der Waals surface area (Å²) >= 11 is 0. The summed E-state index contributed by atoms with van der Waals surface area (Å²) in [6.45, 7) is 0. The fraction of sp³-hybridized carbons (Fsp3) is 0. The topological polar surface area (TPSA) is 199 Å². The van der Waals surface area contributed by atoms with E-state index in [-0.39, 0.29) is 38.3 Å². The fourth-order valence-corrected chi connectivity index (χ4v) is 0. The molecule has 0 N–H and O–H groups in total. The molecule has 0 rings (SSSR count). The third-order valence-corrected chi connectivity index (χ3v) is 0. The Morgan fingerprint density at radius 1 is 0.571 bits per heavy atom. The van der Waals surface area contributed by atoms with E-state index in [1.165, 1.54) is 0 Å². The first-order valence-corrected chi connectivity index (χ1v) is 1.64. The Bertz CT molecular complexity index is 118. The quantitative estimate of drug-likeness (QED) is 0.405. The van der Waals surface area contributed by atoms with E-state index >= 15 is 0 Å². The number of hydrogen-bond donors (Lipinski definition) is 0. The van der Waals surface area contributed by atoms with Gasteiger partial charge >= 0.3 is 25.8 Å². The van der Waals surface area contributed by atoms with Crippen LogP contribution in [0, 0.1) is 46.0 Å². The molecule has 14 heteroatoms. The molecule has 0 aliphatic heterocycles. The van der Waals surface area contributed by atoms with Gasteiger partial charge in [-0.1, -0.05) is 0 Å². The molecular weight excluding hydrogens is 336 g/mol. The smallest absolute Gasteiger partial charge is 0.356 e. The second-order valence-corrected chi connectivity index (χ2v) is 0.671. The van der Waals surface area contributed by atoms with Crippen molar-refractivity contribution >= 4 is 38.3 Å².